The second-order valence-corrected chi connectivity index (χ2v) is 7.58. The fourth-order valence-electron chi connectivity index (χ4n) is 3.01. The molecule has 1 atom stereocenters. The molecule has 1 unspecified atom stereocenters. The van der Waals surface area contributed by atoms with Gasteiger partial charge in [-0.2, -0.15) is 0 Å². The number of ketones is 1. The number of rotatable bonds is 12. The van der Waals surface area contributed by atoms with Crippen molar-refractivity contribution >= 4 is 29.4 Å². The molecule has 2 aromatic rings. The minimum atomic E-state index is -0.793. The Labute approximate surface area is 203 Å². The first-order chi connectivity index (χ1) is 16.3. The van der Waals surface area contributed by atoms with E-state index in [1.54, 1.807) is 28.1 Å². The molecular weight excluding hydrogens is 464 g/mol. The molecule has 184 valence electrons. The highest BCUT2D eigenvalue weighted by atomic mass is 35.5. The maximum Gasteiger partial charge on any atom is 0.407 e. The van der Waals surface area contributed by atoms with Crippen LogP contribution in [0.1, 0.15) is 29.8 Å². The summed E-state index contributed by atoms with van der Waals surface area (Å²) >= 11 is 6.21. The quantitative estimate of drug-likeness (QED) is 0.436. The van der Waals surface area contributed by atoms with E-state index in [-0.39, 0.29) is 35.7 Å². The molecule has 2 amide bonds. The number of amides is 2. The fraction of sp³-hybridized carbons (Fsp3) is 0.375. The summed E-state index contributed by atoms with van der Waals surface area (Å²) < 4.78 is 20.7. The number of ether oxygens (including phenoxy) is 4. The Morgan fingerprint density at radius 1 is 1.00 bits per heavy atom. The molecule has 0 radical (unpaired) electrons. The maximum atomic E-state index is 12.5. The second kappa shape index (κ2) is 13.3. The maximum absolute atomic E-state index is 12.5. The summed E-state index contributed by atoms with van der Waals surface area (Å²) in [6, 6.07) is 9.22. The topological polar surface area (TPSA) is 112 Å². The molecule has 10 heteroatoms. The van der Waals surface area contributed by atoms with Crippen molar-refractivity contribution in [3.63, 3.8) is 0 Å². The lowest BCUT2D eigenvalue weighted by atomic mass is 10.1. The van der Waals surface area contributed by atoms with Gasteiger partial charge in [-0.05, 0) is 56.2 Å². The molecule has 0 aromatic heterocycles. The van der Waals surface area contributed by atoms with Gasteiger partial charge in [-0.25, -0.2) is 4.79 Å². The molecule has 0 fully saturated rings. The number of hydrogen-bond acceptors (Lipinski definition) is 7. The molecule has 0 bridgehead atoms. The van der Waals surface area contributed by atoms with Crippen molar-refractivity contribution < 1.29 is 33.3 Å². The van der Waals surface area contributed by atoms with Gasteiger partial charge in [0.2, 0.25) is 0 Å². The largest absolute Gasteiger partial charge is 0.493 e. The van der Waals surface area contributed by atoms with Crippen molar-refractivity contribution in [1.29, 1.82) is 0 Å². The van der Waals surface area contributed by atoms with Crippen LogP contribution in [0.3, 0.4) is 0 Å². The monoisotopic (exact) mass is 492 g/mol. The third-order valence-electron chi connectivity index (χ3n) is 4.76. The van der Waals surface area contributed by atoms with Crippen LogP contribution in [0.15, 0.2) is 36.4 Å². The van der Waals surface area contributed by atoms with Crippen LogP contribution in [0.2, 0.25) is 5.02 Å². The highest BCUT2D eigenvalue weighted by Gasteiger charge is 2.19. The van der Waals surface area contributed by atoms with Crippen LogP contribution in [0.4, 0.5) is 4.79 Å². The third kappa shape index (κ3) is 7.84. The Hall–Kier alpha value is -3.46. The molecule has 0 aliphatic rings. The van der Waals surface area contributed by atoms with Crippen molar-refractivity contribution in [2.24, 2.45) is 0 Å². The summed E-state index contributed by atoms with van der Waals surface area (Å²) in [5.41, 5.74) is 1.27. The van der Waals surface area contributed by atoms with E-state index in [1.807, 2.05) is 18.2 Å². The van der Waals surface area contributed by atoms with Gasteiger partial charge in [0.1, 0.15) is 5.75 Å². The molecule has 0 saturated carbocycles. The molecule has 2 rings (SSSR count). The lowest BCUT2D eigenvalue weighted by Crippen LogP contribution is -2.38. The first-order valence-electron chi connectivity index (χ1n) is 10.7. The predicted molar refractivity (Wildman–Crippen MR) is 127 cm³/mol. The van der Waals surface area contributed by atoms with Crippen molar-refractivity contribution in [3.8, 4) is 17.2 Å². The minimum Gasteiger partial charge on any atom is -0.493 e. The Morgan fingerprint density at radius 2 is 1.71 bits per heavy atom. The smallest absolute Gasteiger partial charge is 0.407 e. The zero-order chi connectivity index (χ0) is 25.1. The number of hydrogen-bond donors (Lipinski definition) is 2. The van der Waals surface area contributed by atoms with Crippen LogP contribution in [-0.2, 0) is 16.0 Å². The number of alkyl carbamates (subject to hydrolysis) is 1. The van der Waals surface area contributed by atoms with Crippen LogP contribution in [0.5, 0.6) is 17.2 Å². The van der Waals surface area contributed by atoms with E-state index < -0.39 is 12.1 Å². The average Bonchev–Trinajstić information content (AvgIpc) is 2.82. The standard InChI is InChI=1S/C24H29ClN2O7/c1-5-33-24(30)27-15(2)23(29)17-7-9-19(18(25)13-17)34-14-22(28)26-11-10-16-6-8-20(31-3)21(12-16)32-4/h6-9,12-13,15H,5,10-11,14H2,1-4H3,(H,26,28)(H,27,30). The van der Waals surface area contributed by atoms with E-state index in [2.05, 4.69) is 10.6 Å². The van der Waals surface area contributed by atoms with E-state index >= 15 is 0 Å². The van der Waals surface area contributed by atoms with Crippen LogP contribution in [0, 0.1) is 0 Å². The van der Waals surface area contributed by atoms with Gasteiger partial charge in [-0.15, -0.1) is 0 Å². The van der Waals surface area contributed by atoms with E-state index in [4.69, 9.17) is 30.5 Å². The van der Waals surface area contributed by atoms with Gasteiger partial charge in [0.05, 0.1) is 31.9 Å². The number of methoxy groups -OCH3 is 2. The first-order valence-corrected chi connectivity index (χ1v) is 11.0. The average molecular weight is 493 g/mol. The number of halogens is 1. The number of carbonyl (C=O) groups is 3. The summed E-state index contributed by atoms with van der Waals surface area (Å²) in [5.74, 6) is 0.868. The minimum absolute atomic E-state index is 0.173. The number of benzene rings is 2. The zero-order valence-corrected chi connectivity index (χ0v) is 20.4. The van der Waals surface area contributed by atoms with Crippen molar-refractivity contribution in [3.05, 3.63) is 52.5 Å². The van der Waals surface area contributed by atoms with Gasteiger partial charge in [0.25, 0.3) is 5.91 Å². The zero-order valence-electron chi connectivity index (χ0n) is 19.6. The summed E-state index contributed by atoms with van der Waals surface area (Å²) in [5, 5.41) is 5.39. The highest BCUT2D eigenvalue weighted by molar-refractivity contribution is 6.32. The molecule has 9 nitrogen and oxygen atoms in total. The summed E-state index contributed by atoms with van der Waals surface area (Å²) in [6.07, 6.45) is -0.0756. The van der Waals surface area contributed by atoms with Gasteiger partial charge >= 0.3 is 6.09 Å². The van der Waals surface area contributed by atoms with E-state index in [9.17, 15) is 14.4 Å². The number of carbonyl (C=O) groups excluding carboxylic acids is 3. The van der Waals surface area contributed by atoms with Crippen LogP contribution < -0.4 is 24.8 Å². The van der Waals surface area contributed by atoms with Crippen LogP contribution in [0.25, 0.3) is 0 Å². The van der Waals surface area contributed by atoms with Gasteiger partial charge < -0.3 is 29.6 Å². The van der Waals surface area contributed by atoms with Gasteiger partial charge in [-0.1, -0.05) is 17.7 Å². The Kier molecular flexibility index (Phi) is 10.5. The molecule has 0 heterocycles. The summed E-state index contributed by atoms with van der Waals surface area (Å²) in [6.45, 7) is 3.59. The SMILES string of the molecule is CCOC(=O)NC(C)C(=O)c1ccc(OCC(=O)NCCc2ccc(OC)c(OC)c2)c(Cl)c1. The lowest BCUT2D eigenvalue weighted by Gasteiger charge is -2.14. The van der Waals surface area contributed by atoms with Gasteiger partial charge in [-0.3, -0.25) is 9.59 Å². The first kappa shape index (κ1) is 26.8. The molecule has 0 saturated heterocycles. The molecule has 2 N–H and O–H groups in total. The highest BCUT2D eigenvalue weighted by Crippen LogP contribution is 2.28. The predicted octanol–water partition coefficient (Wildman–Crippen LogP) is 3.41. The molecule has 34 heavy (non-hydrogen) atoms. The Balaban J connectivity index is 1.83. The number of Topliss-reactive ketones (excluding diaryl/α,β-unsaturated/α-hetero) is 1. The summed E-state index contributed by atoms with van der Waals surface area (Å²) in [4.78, 5) is 36.1. The molecule has 2 aromatic carbocycles. The van der Waals surface area contributed by atoms with E-state index in [1.165, 1.54) is 18.2 Å². The summed E-state index contributed by atoms with van der Waals surface area (Å²) in [7, 11) is 3.13. The normalized spacial score (nSPS) is 11.2. The van der Waals surface area contributed by atoms with Crippen molar-refractivity contribution in [2.45, 2.75) is 26.3 Å². The lowest BCUT2D eigenvalue weighted by molar-refractivity contribution is -0.123. The van der Waals surface area contributed by atoms with Gasteiger partial charge in [0, 0.05) is 12.1 Å². The second-order valence-electron chi connectivity index (χ2n) is 7.17. The van der Waals surface area contributed by atoms with Crippen LogP contribution in [-0.4, -0.2) is 57.8 Å². The Morgan fingerprint density at radius 3 is 2.35 bits per heavy atom. The van der Waals surface area contributed by atoms with Crippen LogP contribution >= 0.6 is 11.6 Å². The van der Waals surface area contributed by atoms with E-state index in [0.29, 0.717) is 30.0 Å². The van der Waals surface area contributed by atoms with Gasteiger partial charge in [0.15, 0.2) is 23.9 Å². The molecule has 0 aliphatic heterocycles. The molecular formula is C24H29ClN2O7. The van der Waals surface area contributed by atoms with E-state index in [0.717, 1.165) is 5.56 Å². The van der Waals surface area contributed by atoms with Crippen molar-refractivity contribution in [1.82, 2.24) is 10.6 Å². The van der Waals surface area contributed by atoms with Crippen molar-refractivity contribution in [2.75, 3.05) is 34.0 Å². The Bertz CT molecular complexity index is 1010. The fourth-order valence-corrected chi connectivity index (χ4v) is 3.25. The molecule has 0 aliphatic carbocycles. The third-order valence-corrected chi connectivity index (χ3v) is 5.06. The molecule has 0 spiro atoms. The number of nitrogens with one attached hydrogen (secondary N) is 2.